The molecule has 0 unspecified atom stereocenters. The predicted molar refractivity (Wildman–Crippen MR) is 96.1 cm³/mol. The predicted octanol–water partition coefficient (Wildman–Crippen LogP) is 2.98. The zero-order valence-corrected chi connectivity index (χ0v) is 15.0. The van der Waals surface area contributed by atoms with Crippen molar-refractivity contribution < 1.29 is 4.79 Å². The molecule has 2 aromatic rings. The number of amides is 1. The monoisotopic (exact) mass is 338 g/mol. The van der Waals surface area contributed by atoms with Gasteiger partial charge in [-0.2, -0.15) is 5.10 Å². The van der Waals surface area contributed by atoms with Crippen molar-refractivity contribution in [3.63, 3.8) is 0 Å². The molecule has 1 N–H and O–H groups in total. The Morgan fingerprint density at radius 2 is 1.88 bits per heavy atom. The van der Waals surface area contributed by atoms with Crippen molar-refractivity contribution in [1.82, 2.24) is 20.1 Å². The quantitative estimate of drug-likeness (QED) is 0.932. The third-order valence-corrected chi connectivity index (χ3v) is 5.95. The smallest absolute Gasteiger partial charge is 0.242 e. The lowest BCUT2D eigenvalue weighted by Crippen LogP contribution is -2.59. The Morgan fingerprint density at radius 1 is 1.16 bits per heavy atom. The van der Waals surface area contributed by atoms with Crippen LogP contribution in [0.5, 0.6) is 0 Å². The van der Waals surface area contributed by atoms with Crippen molar-refractivity contribution in [2.24, 2.45) is 11.8 Å². The average molecular weight is 338 g/mol. The summed E-state index contributed by atoms with van der Waals surface area (Å²) in [6.45, 7) is 3.99. The van der Waals surface area contributed by atoms with Crippen LogP contribution < -0.4 is 5.32 Å². The van der Waals surface area contributed by atoms with Gasteiger partial charge in [0.25, 0.3) is 0 Å². The minimum Gasteiger partial charge on any atom is -0.351 e. The van der Waals surface area contributed by atoms with Crippen LogP contribution in [0.15, 0.2) is 30.3 Å². The fourth-order valence-electron chi connectivity index (χ4n) is 4.87. The summed E-state index contributed by atoms with van der Waals surface area (Å²) in [7, 11) is 0. The highest BCUT2D eigenvalue weighted by atomic mass is 16.2. The topological polar surface area (TPSA) is 59.8 Å². The van der Waals surface area contributed by atoms with E-state index in [0.717, 1.165) is 11.7 Å². The molecule has 2 saturated carbocycles. The van der Waals surface area contributed by atoms with Gasteiger partial charge in [-0.25, -0.2) is 9.67 Å². The number of benzene rings is 1. The van der Waals surface area contributed by atoms with E-state index in [2.05, 4.69) is 45.7 Å². The van der Waals surface area contributed by atoms with Crippen molar-refractivity contribution in [2.75, 3.05) is 0 Å². The van der Waals surface area contributed by atoms with Gasteiger partial charge in [0.1, 0.15) is 18.2 Å². The van der Waals surface area contributed by atoms with Gasteiger partial charge in [0.15, 0.2) is 0 Å². The summed E-state index contributed by atoms with van der Waals surface area (Å²) in [6.07, 6.45) is 5.14. The van der Waals surface area contributed by atoms with Crippen LogP contribution >= 0.6 is 0 Å². The van der Waals surface area contributed by atoms with Crippen molar-refractivity contribution in [3.05, 3.63) is 47.5 Å². The lowest BCUT2D eigenvalue weighted by atomic mass is 9.53. The average Bonchev–Trinajstić information content (AvgIpc) is 2.91. The molecule has 5 nitrogen and oxygen atoms in total. The van der Waals surface area contributed by atoms with E-state index in [1.54, 1.807) is 4.68 Å². The zero-order chi connectivity index (χ0) is 17.4. The number of hydrogen-bond acceptors (Lipinski definition) is 3. The van der Waals surface area contributed by atoms with Gasteiger partial charge in [0, 0.05) is 12.0 Å². The van der Waals surface area contributed by atoms with Gasteiger partial charge < -0.3 is 5.32 Å². The Labute approximate surface area is 148 Å². The number of carbonyl (C=O) groups is 1. The summed E-state index contributed by atoms with van der Waals surface area (Å²) in [4.78, 5) is 16.9. The molecule has 4 atom stereocenters. The molecular weight excluding hydrogens is 312 g/mol. The summed E-state index contributed by atoms with van der Waals surface area (Å²) in [5.74, 6) is 3.34. The Hall–Kier alpha value is -2.17. The Morgan fingerprint density at radius 3 is 2.56 bits per heavy atom. The maximum atomic E-state index is 12.6. The number of nitrogens with one attached hydrogen (secondary N) is 1. The van der Waals surface area contributed by atoms with E-state index in [1.165, 1.54) is 31.2 Å². The molecule has 2 fully saturated rings. The first-order valence-electron chi connectivity index (χ1n) is 9.36. The maximum absolute atomic E-state index is 12.6. The zero-order valence-electron chi connectivity index (χ0n) is 15.0. The molecule has 0 aliphatic heterocycles. The van der Waals surface area contributed by atoms with Gasteiger partial charge in [0.05, 0.1) is 0 Å². The van der Waals surface area contributed by atoms with E-state index in [-0.39, 0.29) is 18.5 Å². The molecule has 1 amide bonds. The highest BCUT2D eigenvalue weighted by molar-refractivity contribution is 5.76. The minimum atomic E-state index is 0.0444. The number of nitrogens with zero attached hydrogens (tertiary/aromatic N) is 3. The minimum absolute atomic E-state index is 0.0444. The second-order valence-electron chi connectivity index (χ2n) is 7.51. The molecular formula is C20H26N4O. The van der Waals surface area contributed by atoms with Gasteiger partial charge in [-0.15, -0.1) is 0 Å². The lowest BCUT2D eigenvalue weighted by molar-refractivity contribution is -0.125. The molecule has 0 bridgehead atoms. The molecule has 2 aliphatic carbocycles. The normalized spacial score (nSPS) is 28.1. The first kappa shape index (κ1) is 16.3. The van der Waals surface area contributed by atoms with E-state index < -0.39 is 0 Å². The highest BCUT2D eigenvalue weighted by Crippen LogP contribution is 2.54. The Bertz CT molecular complexity index is 754. The fourth-order valence-corrected chi connectivity index (χ4v) is 4.87. The standard InChI is InChI=1S/C20H26N4O/c1-13-21-14(2)24(23-13)12-18(25)22-20-17-11-7-6-10-16(17)19(20)15-8-4-3-5-9-15/h3-5,8-9,16-17,19-20H,6-7,10-12H2,1-2H3,(H,22,25)/t16-,17+,19+,20+/m1/s1. The highest BCUT2D eigenvalue weighted by Gasteiger charge is 2.51. The first-order chi connectivity index (χ1) is 12.1. The lowest BCUT2D eigenvalue weighted by Gasteiger charge is -2.55. The molecule has 0 radical (unpaired) electrons. The number of aromatic nitrogens is 3. The van der Waals surface area contributed by atoms with Crippen molar-refractivity contribution in [3.8, 4) is 0 Å². The molecule has 5 heteroatoms. The van der Waals surface area contributed by atoms with E-state index in [4.69, 9.17) is 0 Å². The number of rotatable bonds is 4. The van der Waals surface area contributed by atoms with Crippen LogP contribution in [0.2, 0.25) is 0 Å². The largest absolute Gasteiger partial charge is 0.351 e. The first-order valence-corrected chi connectivity index (χ1v) is 9.36. The van der Waals surface area contributed by atoms with Gasteiger partial charge >= 0.3 is 0 Å². The van der Waals surface area contributed by atoms with Gasteiger partial charge in [0.2, 0.25) is 5.91 Å². The van der Waals surface area contributed by atoms with Gasteiger partial charge in [-0.3, -0.25) is 4.79 Å². The van der Waals surface area contributed by atoms with E-state index in [9.17, 15) is 4.79 Å². The van der Waals surface area contributed by atoms with Gasteiger partial charge in [-0.05, 0) is 44.1 Å². The molecule has 0 saturated heterocycles. The van der Waals surface area contributed by atoms with Crippen molar-refractivity contribution >= 4 is 5.91 Å². The van der Waals surface area contributed by atoms with E-state index in [1.807, 2.05) is 13.8 Å². The third kappa shape index (κ3) is 3.08. The fraction of sp³-hybridized carbons (Fsp3) is 0.550. The summed E-state index contributed by atoms with van der Waals surface area (Å²) < 4.78 is 1.69. The Kier molecular flexibility index (Phi) is 4.32. The molecule has 2 aliphatic rings. The summed E-state index contributed by atoms with van der Waals surface area (Å²) in [6, 6.07) is 10.9. The number of carbonyl (C=O) groups excluding carboxylic acids is 1. The SMILES string of the molecule is Cc1nc(C)n(CC(=O)N[C@H]2[C@H]3CCCC[C@H]3[C@@H]2c2ccccc2)n1. The number of aryl methyl sites for hydroxylation is 2. The second kappa shape index (κ2) is 6.62. The van der Waals surface area contributed by atoms with Crippen LogP contribution in [-0.4, -0.2) is 26.7 Å². The third-order valence-electron chi connectivity index (χ3n) is 5.95. The van der Waals surface area contributed by atoms with Crippen LogP contribution in [0.25, 0.3) is 0 Å². The number of fused-ring (bicyclic) bond motifs is 1. The molecule has 0 spiro atoms. The summed E-state index contributed by atoms with van der Waals surface area (Å²) >= 11 is 0. The molecule has 4 rings (SSSR count). The molecule has 1 aromatic carbocycles. The summed E-state index contributed by atoms with van der Waals surface area (Å²) in [5, 5.41) is 7.63. The van der Waals surface area contributed by atoms with Gasteiger partial charge in [-0.1, -0.05) is 43.2 Å². The molecule has 132 valence electrons. The van der Waals surface area contributed by atoms with Crippen molar-refractivity contribution in [1.29, 1.82) is 0 Å². The summed E-state index contributed by atoms with van der Waals surface area (Å²) in [5.41, 5.74) is 1.36. The molecule has 25 heavy (non-hydrogen) atoms. The molecule has 1 heterocycles. The van der Waals surface area contributed by atoms with Crippen LogP contribution in [0.1, 0.15) is 48.8 Å². The van der Waals surface area contributed by atoms with E-state index >= 15 is 0 Å². The number of hydrogen-bond donors (Lipinski definition) is 1. The molecule has 1 aromatic heterocycles. The van der Waals surface area contributed by atoms with Crippen LogP contribution in [0.4, 0.5) is 0 Å². The maximum Gasteiger partial charge on any atom is 0.242 e. The second-order valence-corrected chi connectivity index (χ2v) is 7.51. The van der Waals surface area contributed by atoms with Crippen LogP contribution in [0.3, 0.4) is 0 Å². The van der Waals surface area contributed by atoms with Crippen LogP contribution in [-0.2, 0) is 11.3 Å². The Balaban J connectivity index is 1.49. The van der Waals surface area contributed by atoms with E-state index in [0.29, 0.717) is 17.7 Å². The van der Waals surface area contributed by atoms with Crippen molar-refractivity contribution in [2.45, 2.75) is 58.0 Å². The van der Waals surface area contributed by atoms with Crippen LogP contribution in [0, 0.1) is 25.7 Å².